The number of nitrogens with zero attached hydrogens (tertiary/aromatic N) is 3. The number of aryl methyl sites for hydroxylation is 1. The van der Waals surface area contributed by atoms with Crippen LogP contribution in [0.3, 0.4) is 0 Å². The van der Waals surface area contributed by atoms with Crippen molar-refractivity contribution in [1.82, 2.24) is 20.2 Å². The number of hydrogen-bond acceptors (Lipinski definition) is 7. The minimum absolute atomic E-state index is 0.151. The van der Waals surface area contributed by atoms with Gasteiger partial charge in [0.05, 0.1) is 5.69 Å². The zero-order valence-electron chi connectivity index (χ0n) is 13.0. The van der Waals surface area contributed by atoms with E-state index in [-0.39, 0.29) is 10.8 Å². The van der Waals surface area contributed by atoms with Crippen LogP contribution in [0, 0.1) is 13.8 Å². The molecule has 1 atom stereocenters. The van der Waals surface area contributed by atoms with E-state index in [2.05, 4.69) is 30.8 Å². The summed E-state index contributed by atoms with van der Waals surface area (Å²) in [5.41, 5.74) is 2.38. The molecule has 3 aromatic rings. The van der Waals surface area contributed by atoms with Gasteiger partial charge in [-0.3, -0.25) is 9.31 Å². The Kier molecular flexibility index (Phi) is 4.54. The van der Waals surface area contributed by atoms with Gasteiger partial charge in [-0.2, -0.15) is 10.1 Å². The number of nitrogens with one attached hydrogen (secondary N) is 3. The molecule has 0 bridgehead atoms. The van der Waals surface area contributed by atoms with Crippen LogP contribution >= 0.6 is 0 Å². The molecule has 0 amide bonds. The maximum atomic E-state index is 11.3. The number of hydrogen-bond donors (Lipinski definition) is 3. The second-order valence-corrected chi connectivity index (χ2v) is 5.98. The van der Waals surface area contributed by atoms with Gasteiger partial charge in [0.15, 0.2) is 5.82 Å². The second-order valence-electron chi connectivity index (χ2n) is 5.07. The van der Waals surface area contributed by atoms with E-state index >= 15 is 0 Å². The first-order valence-electron chi connectivity index (χ1n) is 7.11. The molecule has 0 fully saturated rings. The number of benzene rings is 1. The number of rotatable bonds is 5. The van der Waals surface area contributed by atoms with Crippen LogP contribution in [0.25, 0.3) is 0 Å². The number of aromatic amines is 1. The Morgan fingerprint density at radius 3 is 2.67 bits per heavy atom. The first-order valence-corrected chi connectivity index (χ1v) is 8.19. The highest BCUT2D eigenvalue weighted by Crippen LogP contribution is 2.23. The lowest BCUT2D eigenvalue weighted by molar-refractivity contribution is 0.537. The van der Waals surface area contributed by atoms with E-state index in [0.29, 0.717) is 17.3 Å². The van der Waals surface area contributed by atoms with Crippen molar-refractivity contribution in [2.24, 2.45) is 0 Å². The van der Waals surface area contributed by atoms with Gasteiger partial charge in [-0.25, -0.2) is 4.98 Å². The topological polar surface area (TPSA) is 119 Å². The van der Waals surface area contributed by atoms with E-state index in [4.69, 9.17) is 0 Å². The first-order chi connectivity index (χ1) is 11.5. The van der Waals surface area contributed by atoms with Crippen LogP contribution in [0.15, 0.2) is 41.4 Å². The Labute approximate surface area is 141 Å². The highest BCUT2D eigenvalue weighted by Gasteiger charge is 2.08. The summed E-state index contributed by atoms with van der Waals surface area (Å²) in [6.45, 7) is 3.88. The van der Waals surface area contributed by atoms with Crippen LogP contribution < -0.4 is 10.6 Å². The van der Waals surface area contributed by atoms with E-state index in [1.807, 2.05) is 13.8 Å². The molecule has 3 rings (SSSR count). The molecule has 0 aliphatic carbocycles. The summed E-state index contributed by atoms with van der Waals surface area (Å²) in [5.74, 6) is 1.50. The highest BCUT2D eigenvalue weighted by atomic mass is 32.2. The van der Waals surface area contributed by atoms with Gasteiger partial charge in [0.2, 0.25) is 5.95 Å². The monoisotopic (exact) mass is 343 g/mol. The van der Waals surface area contributed by atoms with Gasteiger partial charge < -0.3 is 15.2 Å². The molecule has 0 saturated carbocycles. The summed E-state index contributed by atoms with van der Waals surface area (Å²) in [4.78, 5) is 8.59. The lowest BCUT2D eigenvalue weighted by Crippen LogP contribution is -2.03. The molecule has 2 aromatic heterocycles. The molecule has 0 saturated heterocycles. The normalized spacial score (nSPS) is 12.0. The number of aromatic nitrogens is 4. The van der Waals surface area contributed by atoms with E-state index in [1.54, 1.807) is 30.5 Å². The second kappa shape index (κ2) is 6.77. The molecule has 0 aliphatic heterocycles. The first kappa shape index (κ1) is 16.1. The van der Waals surface area contributed by atoms with Crippen LogP contribution in [0.2, 0.25) is 0 Å². The van der Waals surface area contributed by atoms with E-state index in [0.717, 1.165) is 11.3 Å². The Balaban J connectivity index is 1.84. The Bertz CT molecular complexity index is 895. The number of anilines is 4. The van der Waals surface area contributed by atoms with Gasteiger partial charge in [0.25, 0.3) is 0 Å². The van der Waals surface area contributed by atoms with Crippen LogP contribution in [0.1, 0.15) is 11.3 Å². The van der Waals surface area contributed by atoms with E-state index in [1.165, 1.54) is 6.07 Å². The summed E-state index contributed by atoms with van der Waals surface area (Å²) >= 11 is -2.35. The van der Waals surface area contributed by atoms with Crippen LogP contribution in [-0.4, -0.2) is 28.9 Å². The third-order valence-corrected chi connectivity index (χ3v) is 4.18. The lowest BCUT2D eigenvalue weighted by Gasteiger charge is -2.13. The molecule has 0 aliphatic rings. The largest absolute Gasteiger partial charge is 0.768 e. The van der Waals surface area contributed by atoms with E-state index < -0.39 is 11.1 Å². The van der Waals surface area contributed by atoms with Crippen molar-refractivity contribution in [2.75, 3.05) is 10.6 Å². The maximum absolute atomic E-state index is 11.3. The minimum Gasteiger partial charge on any atom is -0.768 e. The standard InChI is InChI=1S/C15H16N6O2S/c1-9-10(2)20-21-14(9)18-13-7-8-16-15(19-13)17-11-5-3-4-6-12(11)24(22)23/h3-8H,1-2H3,(H,22,23)(H3,16,17,18,19,20,21)/p-1. The summed E-state index contributed by atoms with van der Waals surface area (Å²) in [6, 6.07) is 8.24. The van der Waals surface area contributed by atoms with Crippen LogP contribution in [-0.2, 0) is 11.1 Å². The fourth-order valence-corrected chi connectivity index (χ4v) is 2.54. The van der Waals surface area contributed by atoms with Crippen LogP contribution in [0.4, 0.5) is 23.3 Å². The van der Waals surface area contributed by atoms with Gasteiger partial charge in [-0.1, -0.05) is 12.1 Å². The molecule has 8 nitrogen and oxygen atoms in total. The molecular formula is C15H15N6O2S-. The Hall–Kier alpha value is -2.78. The molecule has 3 N–H and O–H groups in total. The summed E-state index contributed by atoms with van der Waals surface area (Å²) < 4.78 is 22.5. The molecule has 2 heterocycles. The maximum Gasteiger partial charge on any atom is 0.229 e. The highest BCUT2D eigenvalue weighted by molar-refractivity contribution is 7.79. The summed E-state index contributed by atoms with van der Waals surface area (Å²) in [6.07, 6.45) is 1.57. The fraction of sp³-hybridized carbons (Fsp3) is 0.133. The van der Waals surface area contributed by atoms with Gasteiger partial charge >= 0.3 is 0 Å². The molecular weight excluding hydrogens is 328 g/mol. The van der Waals surface area contributed by atoms with Gasteiger partial charge in [0, 0.05) is 22.3 Å². The fourth-order valence-electron chi connectivity index (χ4n) is 2.05. The molecule has 24 heavy (non-hydrogen) atoms. The molecule has 124 valence electrons. The molecule has 1 unspecified atom stereocenters. The predicted octanol–water partition coefficient (Wildman–Crippen LogP) is 2.54. The molecule has 0 radical (unpaired) electrons. The van der Waals surface area contributed by atoms with Crippen molar-refractivity contribution in [2.45, 2.75) is 18.7 Å². The smallest absolute Gasteiger partial charge is 0.229 e. The average Bonchev–Trinajstić information content (AvgIpc) is 2.88. The van der Waals surface area contributed by atoms with Crippen molar-refractivity contribution in [3.8, 4) is 0 Å². The van der Waals surface area contributed by atoms with Gasteiger partial charge in [-0.05, 0) is 43.1 Å². The third-order valence-electron chi connectivity index (χ3n) is 3.47. The van der Waals surface area contributed by atoms with Gasteiger partial charge in [-0.15, -0.1) is 0 Å². The number of H-pyrrole nitrogens is 1. The Morgan fingerprint density at radius 2 is 1.96 bits per heavy atom. The average molecular weight is 343 g/mol. The zero-order chi connectivity index (χ0) is 17.1. The number of para-hydroxylation sites is 1. The lowest BCUT2D eigenvalue weighted by atomic mass is 10.3. The molecule has 1 aromatic carbocycles. The predicted molar refractivity (Wildman–Crippen MR) is 90.3 cm³/mol. The van der Waals surface area contributed by atoms with E-state index in [9.17, 15) is 8.76 Å². The quantitative estimate of drug-likeness (QED) is 0.609. The molecule has 9 heteroatoms. The van der Waals surface area contributed by atoms with Crippen molar-refractivity contribution in [3.05, 3.63) is 47.8 Å². The van der Waals surface area contributed by atoms with Crippen molar-refractivity contribution in [1.29, 1.82) is 0 Å². The minimum atomic E-state index is -2.35. The SMILES string of the molecule is Cc1[nH]nc(Nc2ccnc(Nc3ccccc3S(=O)[O-])n2)c1C. The van der Waals surface area contributed by atoms with Crippen molar-refractivity contribution in [3.63, 3.8) is 0 Å². The third kappa shape index (κ3) is 3.42. The zero-order valence-corrected chi connectivity index (χ0v) is 13.8. The Morgan fingerprint density at radius 1 is 1.17 bits per heavy atom. The summed E-state index contributed by atoms with van der Waals surface area (Å²) in [5, 5.41) is 13.1. The molecule has 0 spiro atoms. The summed E-state index contributed by atoms with van der Waals surface area (Å²) in [7, 11) is 0. The van der Waals surface area contributed by atoms with Crippen molar-refractivity contribution >= 4 is 34.4 Å². The van der Waals surface area contributed by atoms with Crippen molar-refractivity contribution < 1.29 is 8.76 Å². The van der Waals surface area contributed by atoms with Gasteiger partial charge in [0.1, 0.15) is 5.82 Å². The van der Waals surface area contributed by atoms with Crippen LogP contribution in [0.5, 0.6) is 0 Å².